The highest BCUT2D eigenvalue weighted by Crippen LogP contribution is 2.25. The zero-order valence-corrected chi connectivity index (χ0v) is 16.9. The van der Waals surface area contributed by atoms with E-state index in [9.17, 15) is 8.42 Å². The Morgan fingerprint density at radius 3 is 2.46 bits per heavy atom. The van der Waals surface area contributed by atoms with Gasteiger partial charge >= 0.3 is 0 Å². The molecule has 0 N–H and O–H groups in total. The van der Waals surface area contributed by atoms with Crippen LogP contribution in [-0.2, 0) is 27.6 Å². The monoisotopic (exact) mass is 393 g/mol. The minimum Gasteiger partial charge on any atom is -0.381 e. The molecule has 1 aliphatic rings. The van der Waals surface area contributed by atoms with Crippen molar-refractivity contribution in [3.63, 3.8) is 0 Å². The van der Waals surface area contributed by atoms with Crippen LogP contribution in [0, 0.1) is 0 Å². The average Bonchev–Trinajstić information content (AvgIpc) is 3.17. The Morgan fingerprint density at radius 1 is 1.12 bits per heavy atom. The molecule has 3 rings (SSSR count). The first-order valence-corrected chi connectivity index (χ1v) is 11.6. The van der Waals surface area contributed by atoms with E-state index < -0.39 is 10.0 Å². The van der Waals surface area contributed by atoms with Crippen LogP contribution in [0.3, 0.4) is 0 Å². The molecule has 2 heterocycles. The summed E-state index contributed by atoms with van der Waals surface area (Å²) >= 11 is 1.68. The Morgan fingerprint density at radius 2 is 1.85 bits per heavy atom. The van der Waals surface area contributed by atoms with Gasteiger partial charge in [-0.05, 0) is 54.8 Å². The summed E-state index contributed by atoms with van der Waals surface area (Å²) in [5.41, 5.74) is 1.18. The maximum atomic E-state index is 13.3. The molecule has 0 radical (unpaired) electrons. The summed E-state index contributed by atoms with van der Waals surface area (Å²) in [5.74, 6) is 0. The third-order valence-corrected chi connectivity index (χ3v) is 7.73. The molecule has 1 aromatic carbocycles. The van der Waals surface area contributed by atoms with E-state index in [1.54, 1.807) is 27.8 Å². The van der Waals surface area contributed by atoms with Crippen molar-refractivity contribution >= 4 is 21.4 Å². The number of rotatable bonds is 8. The van der Waals surface area contributed by atoms with Crippen LogP contribution in [0.5, 0.6) is 0 Å². The molecular formula is C20H27NO3S2. The van der Waals surface area contributed by atoms with Gasteiger partial charge in [0.05, 0.1) is 4.90 Å². The van der Waals surface area contributed by atoms with E-state index in [1.807, 2.05) is 23.6 Å². The van der Waals surface area contributed by atoms with E-state index in [-0.39, 0.29) is 6.04 Å². The lowest BCUT2D eigenvalue weighted by Crippen LogP contribution is -2.44. The molecule has 6 heteroatoms. The number of nitrogens with zero attached hydrogens (tertiary/aromatic N) is 1. The van der Waals surface area contributed by atoms with Gasteiger partial charge < -0.3 is 4.74 Å². The van der Waals surface area contributed by atoms with Gasteiger partial charge in [0.1, 0.15) is 0 Å². The Bertz CT molecular complexity index is 764. The Labute approximate surface area is 160 Å². The molecule has 2 aromatic rings. The first-order chi connectivity index (χ1) is 12.6. The molecule has 1 fully saturated rings. The predicted molar refractivity (Wildman–Crippen MR) is 106 cm³/mol. The van der Waals surface area contributed by atoms with Gasteiger partial charge in [-0.3, -0.25) is 0 Å². The standard InChI is InChI=1S/C20H27NO3S2/c1-2-4-17-6-8-20(9-7-17)26(22,23)21(18-11-14-24-15-12-18)13-10-19-5-3-16-25-19/h3,5-9,16,18H,2,4,10-15H2,1H3. The summed E-state index contributed by atoms with van der Waals surface area (Å²) in [6.45, 7) is 3.91. The third kappa shape index (κ3) is 4.74. The summed E-state index contributed by atoms with van der Waals surface area (Å²) in [6, 6.07) is 11.5. The van der Waals surface area contributed by atoms with E-state index in [2.05, 4.69) is 13.0 Å². The van der Waals surface area contributed by atoms with E-state index in [0.717, 1.165) is 32.1 Å². The van der Waals surface area contributed by atoms with Gasteiger partial charge in [0.25, 0.3) is 0 Å². The fourth-order valence-electron chi connectivity index (χ4n) is 3.40. The summed E-state index contributed by atoms with van der Waals surface area (Å²) in [4.78, 5) is 1.62. The maximum Gasteiger partial charge on any atom is 0.243 e. The second-order valence-corrected chi connectivity index (χ2v) is 9.61. The molecule has 0 saturated carbocycles. The second kappa shape index (κ2) is 9.13. The number of sulfonamides is 1. The van der Waals surface area contributed by atoms with Crippen LogP contribution in [-0.4, -0.2) is 38.5 Å². The number of hydrogen-bond donors (Lipinski definition) is 0. The van der Waals surface area contributed by atoms with Crippen molar-refractivity contribution in [3.05, 3.63) is 52.2 Å². The number of hydrogen-bond acceptors (Lipinski definition) is 4. The van der Waals surface area contributed by atoms with Crippen LogP contribution in [0.1, 0.15) is 36.6 Å². The van der Waals surface area contributed by atoms with E-state index in [1.165, 1.54) is 10.4 Å². The van der Waals surface area contributed by atoms with Crippen molar-refractivity contribution in [2.75, 3.05) is 19.8 Å². The number of thiophene rings is 1. The van der Waals surface area contributed by atoms with Crippen molar-refractivity contribution in [2.45, 2.75) is 50.0 Å². The molecule has 0 bridgehead atoms. The van der Waals surface area contributed by atoms with Crippen molar-refractivity contribution in [1.82, 2.24) is 4.31 Å². The van der Waals surface area contributed by atoms with E-state index in [4.69, 9.17) is 4.74 Å². The van der Waals surface area contributed by atoms with E-state index in [0.29, 0.717) is 24.7 Å². The average molecular weight is 394 g/mol. The van der Waals surface area contributed by atoms with Crippen molar-refractivity contribution in [1.29, 1.82) is 0 Å². The fourth-order valence-corrected chi connectivity index (χ4v) is 5.78. The van der Waals surface area contributed by atoms with Gasteiger partial charge in [-0.25, -0.2) is 8.42 Å². The quantitative estimate of drug-likeness (QED) is 0.678. The molecule has 142 valence electrons. The molecular weight excluding hydrogens is 366 g/mol. The summed E-state index contributed by atoms with van der Waals surface area (Å²) in [7, 11) is -3.50. The number of aryl methyl sites for hydroxylation is 1. The lowest BCUT2D eigenvalue weighted by molar-refractivity contribution is 0.0587. The molecule has 0 unspecified atom stereocenters. The first kappa shape index (κ1) is 19.5. The van der Waals surface area contributed by atoms with Crippen LogP contribution in [0.2, 0.25) is 0 Å². The molecule has 0 amide bonds. The van der Waals surface area contributed by atoms with Crippen LogP contribution in [0.15, 0.2) is 46.7 Å². The molecule has 0 spiro atoms. The molecule has 1 aromatic heterocycles. The smallest absolute Gasteiger partial charge is 0.243 e. The second-order valence-electron chi connectivity index (χ2n) is 6.68. The van der Waals surface area contributed by atoms with Gasteiger partial charge in [-0.1, -0.05) is 31.5 Å². The minimum absolute atomic E-state index is 0.0176. The number of ether oxygens (including phenoxy) is 1. The van der Waals surface area contributed by atoms with Gasteiger partial charge in [0, 0.05) is 30.7 Å². The van der Waals surface area contributed by atoms with Gasteiger partial charge in [0.15, 0.2) is 0 Å². The van der Waals surface area contributed by atoms with Crippen LogP contribution < -0.4 is 0 Å². The highest BCUT2D eigenvalue weighted by atomic mass is 32.2. The lowest BCUT2D eigenvalue weighted by Gasteiger charge is -2.33. The molecule has 1 saturated heterocycles. The predicted octanol–water partition coefficient (Wildman–Crippen LogP) is 4.11. The van der Waals surface area contributed by atoms with Gasteiger partial charge in [0.2, 0.25) is 10.0 Å². The normalized spacial score (nSPS) is 16.2. The number of benzene rings is 1. The Kier molecular flexibility index (Phi) is 6.86. The van der Waals surface area contributed by atoms with Crippen molar-refractivity contribution < 1.29 is 13.2 Å². The van der Waals surface area contributed by atoms with Crippen LogP contribution in [0.25, 0.3) is 0 Å². The SMILES string of the molecule is CCCc1ccc(S(=O)(=O)N(CCc2cccs2)C2CCOCC2)cc1. The molecule has 1 aliphatic heterocycles. The highest BCUT2D eigenvalue weighted by Gasteiger charge is 2.32. The molecule has 26 heavy (non-hydrogen) atoms. The highest BCUT2D eigenvalue weighted by molar-refractivity contribution is 7.89. The fraction of sp³-hybridized carbons (Fsp3) is 0.500. The van der Waals surface area contributed by atoms with Crippen LogP contribution in [0.4, 0.5) is 0 Å². The van der Waals surface area contributed by atoms with Gasteiger partial charge in [-0.15, -0.1) is 11.3 Å². The Hall–Kier alpha value is -1.21. The largest absolute Gasteiger partial charge is 0.381 e. The summed E-state index contributed by atoms with van der Waals surface area (Å²) < 4.78 is 33.9. The molecule has 4 nitrogen and oxygen atoms in total. The lowest BCUT2D eigenvalue weighted by atomic mass is 10.1. The minimum atomic E-state index is -3.50. The molecule has 0 aliphatic carbocycles. The first-order valence-electron chi connectivity index (χ1n) is 9.32. The zero-order valence-electron chi connectivity index (χ0n) is 15.3. The topological polar surface area (TPSA) is 46.6 Å². The van der Waals surface area contributed by atoms with E-state index >= 15 is 0 Å². The van der Waals surface area contributed by atoms with Crippen molar-refractivity contribution in [2.24, 2.45) is 0 Å². The summed E-state index contributed by atoms with van der Waals surface area (Å²) in [6.07, 6.45) is 4.31. The van der Waals surface area contributed by atoms with Crippen LogP contribution >= 0.6 is 11.3 Å². The maximum absolute atomic E-state index is 13.3. The van der Waals surface area contributed by atoms with Gasteiger partial charge in [-0.2, -0.15) is 4.31 Å². The Balaban J connectivity index is 1.82. The molecule has 0 atom stereocenters. The van der Waals surface area contributed by atoms with Crippen molar-refractivity contribution in [3.8, 4) is 0 Å². The third-order valence-electron chi connectivity index (χ3n) is 4.83. The zero-order chi connectivity index (χ0) is 18.4. The summed E-state index contributed by atoms with van der Waals surface area (Å²) in [5, 5.41) is 2.04.